The van der Waals surface area contributed by atoms with Crippen LogP contribution in [0.25, 0.3) is 0 Å². The van der Waals surface area contributed by atoms with Crippen molar-refractivity contribution in [1.82, 2.24) is 0 Å². The Bertz CT molecular complexity index is 106. The fourth-order valence-corrected chi connectivity index (χ4v) is 2.01. The number of carbonyl (C=O) groups excluding carboxylic acids is 1. The van der Waals surface area contributed by atoms with E-state index in [1.54, 1.807) is 0 Å². The summed E-state index contributed by atoms with van der Waals surface area (Å²) in [6.07, 6.45) is 1.80. The first-order chi connectivity index (χ1) is 3.92. The number of halogens is 1. The van der Waals surface area contributed by atoms with E-state index >= 15 is 0 Å². The van der Waals surface area contributed by atoms with E-state index in [4.69, 9.17) is 0 Å². The molecular formula is C6H14BrOP. The zero-order valence-electron chi connectivity index (χ0n) is 6.20. The minimum absolute atomic E-state index is 0.143. The van der Waals surface area contributed by atoms with Gasteiger partial charge in [0.15, 0.2) is 0 Å². The van der Waals surface area contributed by atoms with Crippen LogP contribution in [0.5, 0.6) is 0 Å². The molecule has 9 heavy (non-hydrogen) atoms. The molecule has 0 aromatic carbocycles. The van der Waals surface area contributed by atoms with E-state index in [2.05, 4.69) is 35.9 Å². The van der Waals surface area contributed by atoms with Crippen molar-refractivity contribution in [3.63, 3.8) is 0 Å². The molecule has 0 rings (SSSR count). The molecular weight excluding hydrogens is 199 g/mol. The van der Waals surface area contributed by atoms with Crippen molar-refractivity contribution in [2.45, 2.75) is 6.42 Å². The van der Waals surface area contributed by atoms with E-state index in [0.717, 1.165) is 6.16 Å². The summed E-state index contributed by atoms with van der Waals surface area (Å²) in [6, 6.07) is 0. The summed E-state index contributed by atoms with van der Waals surface area (Å²) in [4.78, 5) is 10.4. The first-order valence-electron chi connectivity index (χ1n) is 3.10. The molecule has 0 aliphatic carbocycles. The molecule has 0 unspecified atom stereocenters. The van der Waals surface area contributed by atoms with E-state index in [-0.39, 0.29) is 4.69 Å². The van der Waals surface area contributed by atoms with Crippen molar-refractivity contribution >= 4 is 27.9 Å². The summed E-state index contributed by atoms with van der Waals surface area (Å²) in [7, 11) is -0.971. The van der Waals surface area contributed by atoms with Gasteiger partial charge in [-0.25, -0.2) is 0 Å². The molecule has 0 aromatic heterocycles. The number of hydrogen-bond acceptors (Lipinski definition) is 1. The third-order valence-electron chi connectivity index (χ3n) is 1.07. The molecule has 0 spiro atoms. The molecule has 0 atom stereocenters. The van der Waals surface area contributed by atoms with Crippen LogP contribution in [0, 0.1) is 0 Å². The van der Waals surface area contributed by atoms with E-state index in [1.165, 1.54) is 0 Å². The summed E-state index contributed by atoms with van der Waals surface area (Å²) in [5, 5.41) is 0. The summed E-state index contributed by atoms with van der Waals surface area (Å²) < 4.78 is 0.143. The molecule has 0 saturated carbocycles. The fourth-order valence-electron chi connectivity index (χ4n) is 0.473. The molecule has 3 heteroatoms. The zero-order valence-corrected chi connectivity index (χ0v) is 8.79. The van der Waals surface area contributed by atoms with Gasteiger partial charge >= 0.3 is 65.3 Å². The van der Waals surface area contributed by atoms with Crippen LogP contribution in [-0.4, -0.2) is 30.8 Å². The van der Waals surface area contributed by atoms with Gasteiger partial charge in [-0.05, 0) is 0 Å². The number of hydrogen-bond donors (Lipinski definition) is 0. The summed E-state index contributed by atoms with van der Waals surface area (Å²) in [5.41, 5.74) is 0. The van der Waals surface area contributed by atoms with Crippen molar-refractivity contribution in [2.24, 2.45) is 0 Å². The Labute approximate surface area is 65.7 Å². The molecule has 0 fully saturated rings. The van der Waals surface area contributed by atoms with Gasteiger partial charge in [0.1, 0.15) is 0 Å². The molecule has 0 radical (unpaired) electrons. The Morgan fingerprint density at radius 1 is 1.44 bits per heavy atom. The number of rotatable bonds is 3. The fraction of sp³-hybridized carbons (Fsp3) is 0.833. The maximum atomic E-state index is 10.4. The van der Waals surface area contributed by atoms with Gasteiger partial charge in [-0.2, -0.15) is 0 Å². The molecule has 0 bridgehead atoms. The molecule has 0 aliphatic heterocycles. The van der Waals surface area contributed by atoms with Crippen molar-refractivity contribution < 1.29 is 4.79 Å². The van der Waals surface area contributed by atoms with E-state index in [9.17, 15) is 4.79 Å². The monoisotopic (exact) mass is 212 g/mol. The van der Waals surface area contributed by atoms with E-state index < -0.39 is 7.26 Å². The zero-order chi connectivity index (χ0) is 7.49. The average molecular weight is 213 g/mol. The quantitative estimate of drug-likeness (QED) is 0.517. The van der Waals surface area contributed by atoms with Crippen molar-refractivity contribution in [3.05, 3.63) is 0 Å². The molecule has 0 aliphatic rings. The molecule has 0 aromatic rings. The Morgan fingerprint density at radius 2 is 1.89 bits per heavy atom. The molecule has 0 amide bonds. The van der Waals surface area contributed by atoms with Crippen LogP contribution >= 0.6 is 23.2 Å². The van der Waals surface area contributed by atoms with E-state index in [0.29, 0.717) is 6.42 Å². The summed E-state index contributed by atoms with van der Waals surface area (Å²) in [5.74, 6) is 0. The third-order valence-corrected chi connectivity index (χ3v) is 3.22. The van der Waals surface area contributed by atoms with Crippen molar-refractivity contribution in [2.75, 3.05) is 26.2 Å². The Kier molecular flexibility index (Phi) is 3.91. The van der Waals surface area contributed by atoms with Gasteiger partial charge in [-0.3, -0.25) is 0 Å². The van der Waals surface area contributed by atoms with Gasteiger partial charge < -0.3 is 0 Å². The maximum absolute atomic E-state index is 10.4. The Balaban J connectivity index is 3.39. The first-order valence-corrected chi connectivity index (χ1v) is 7.60. The minimum atomic E-state index is -0.971. The van der Waals surface area contributed by atoms with Crippen LogP contribution in [0.2, 0.25) is 0 Å². The molecule has 0 N–H and O–H groups in total. The van der Waals surface area contributed by atoms with Crippen LogP contribution in [0.1, 0.15) is 6.42 Å². The predicted molar refractivity (Wildman–Crippen MR) is 49.5 cm³/mol. The van der Waals surface area contributed by atoms with Crippen LogP contribution in [-0.2, 0) is 4.79 Å². The third kappa shape index (κ3) is 8.58. The normalized spacial score (nSPS) is 13.3. The second-order valence-corrected chi connectivity index (χ2v) is 9.92. The Hall–Kier alpha value is 0.580. The first kappa shape index (κ1) is 9.58. The van der Waals surface area contributed by atoms with Crippen LogP contribution in [0.4, 0.5) is 0 Å². The standard InChI is InChI=1S/C6H14BrOP/c1-9(2,3)5-4-6(7)8/h9H,4-5H2,1-3H3. The van der Waals surface area contributed by atoms with Crippen molar-refractivity contribution in [1.29, 1.82) is 0 Å². The Morgan fingerprint density at radius 3 is 2.00 bits per heavy atom. The van der Waals surface area contributed by atoms with Gasteiger partial charge in [-0.1, -0.05) is 0 Å². The van der Waals surface area contributed by atoms with Gasteiger partial charge in [0.05, 0.1) is 0 Å². The summed E-state index contributed by atoms with van der Waals surface area (Å²) >= 11 is 2.91. The summed E-state index contributed by atoms with van der Waals surface area (Å²) in [6.45, 7) is 6.80. The average Bonchev–Trinajstić information content (AvgIpc) is 1.59. The predicted octanol–water partition coefficient (Wildman–Crippen LogP) is 1.94. The SMILES string of the molecule is C[PH](C)(C)CCC(=O)Br. The molecule has 0 saturated heterocycles. The van der Waals surface area contributed by atoms with E-state index in [1.807, 2.05) is 0 Å². The molecule has 56 valence electrons. The van der Waals surface area contributed by atoms with Crippen LogP contribution in [0.3, 0.4) is 0 Å². The number of carbonyl (C=O) groups is 1. The van der Waals surface area contributed by atoms with Gasteiger partial charge in [-0.15, -0.1) is 0 Å². The molecule has 1 nitrogen and oxygen atoms in total. The van der Waals surface area contributed by atoms with Crippen LogP contribution < -0.4 is 0 Å². The molecule has 0 heterocycles. The topological polar surface area (TPSA) is 17.1 Å². The van der Waals surface area contributed by atoms with Gasteiger partial charge in [0, 0.05) is 0 Å². The second-order valence-electron chi connectivity index (χ2n) is 3.42. The van der Waals surface area contributed by atoms with Crippen LogP contribution in [0.15, 0.2) is 0 Å². The van der Waals surface area contributed by atoms with Gasteiger partial charge in [0.2, 0.25) is 0 Å². The second kappa shape index (κ2) is 3.68. The van der Waals surface area contributed by atoms with Crippen molar-refractivity contribution in [3.8, 4) is 0 Å². The van der Waals surface area contributed by atoms with Gasteiger partial charge in [0.25, 0.3) is 0 Å².